The maximum atomic E-state index is 12.2. The molecule has 1 atom stereocenters. The predicted octanol–water partition coefficient (Wildman–Crippen LogP) is 2.36. The zero-order valence-electron chi connectivity index (χ0n) is 13.1. The standard InChI is InChI=1S/C16H24N2O3/c1-10(2)9-14(16(20)21-11(3)4)18-15(19)12-7-5-6-8-13(12)17/h5-8,10-11,14H,9,17H2,1-4H3,(H,18,19)/t14-/m0/s1. The number of hydrogen-bond acceptors (Lipinski definition) is 4. The second-order valence-electron chi connectivity index (χ2n) is 5.73. The SMILES string of the molecule is CC(C)C[C@H](NC(=O)c1ccccc1N)C(=O)OC(C)C. The quantitative estimate of drug-likeness (QED) is 0.623. The third-order valence-electron chi connectivity index (χ3n) is 2.85. The summed E-state index contributed by atoms with van der Waals surface area (Å²) in [5, 5.41) is 2.72. The van der Waals surface area contributed by atoms with E-state index in [-0.39, 0.29) is 17.9 Å². The van der Waals surface area contributed by atoms with E-state index >= 15 is 0 Å². The molecule has 1 amide bonds. The van der Waals surface area contributed by atoms with Gasteiger partial charge >= 0.3 is 5.97 Å². The van der Waals surface area contributed by atoms with Crippen molar-refractivity contribution in [1.82, 2.24) is 5.32 Å². The van der Waals surface area contributed by atoms with Crippen LogP contribution in [0.1, 0.15) is 44.5 Å². The van der Waals surface area contributed by atoms with E-state index in [2.05, 4.69) is 5.32 Å². The highest BCUT2D eigenvalue weighted by molar-refractivity contribution is 6.00. The molecular weight excluding hydrogens is 268 g/mol. The lowest BCUT2D eigenvalue weighted by Crippen LogP contribution is -2.43. The molecule has 0 spiro atoms. The molecule has 0 aromatic heterocycles. The van der Waals surface area contributed by atoms with E-state index in [9.17, 15) is 9.59 Å². The van der Waals surface area contributed by atoms with Crippen molar-refractivity contribution in [3.63, 3.8) is 0 Å². The number of rotatable bonds is 6. The van der Waals surface area contributed by atoms with Crippen LogP contribution in [0.25, 0.3) is 0 Å². The van der Waals surface area contributed by atoms with Crippen molar-refractivity contribution in [2.45, 2.75) is 46.3 Å². The number of benzene rings is 1. The van der Waals surface area contributed by atoms with Gasteiger partial charge in [0.25, 0.3) is 5.91 Å². The van der Waals surface area contributed by atoms with Crippen LogP contribution in [0.5, 0.6) is 0 Å². The van der Waals surface area contributed by atoms with Gasteiger partial charge < -0.3 is 15.8 Å². The van der Waals surface area contributed by atoms with Crippen LogP contribution in [-0.4, -0.2) is 24.0 Å². The second kappa shape index (κ2) is 7.67. The average Bonchev–Trinajstić information content (AvgIpc) is 2.36. The van der Waals surface area contributed by atoms with Gasteiger partial charge in [-0.3, -0.25) is 4.79 Å². The number of ether oxygens (including phenoxy) is 1. The van der Waals surface area contributed by atoms with Gasteiger partial charge in [-0.05, 0) is 38.3 Å². The number of carbonyl (C=O) groups is 2. The number of hydrogen-bond donors (Lipinski definition) is 2. The first kappa shape index (κ1) is 17.0. The normalized spacial score (nSPS) is 12.3. The Labute approximate surface area is 125 Å². The highest BCUT2D eigenvalue weighted by Gasteiger charge is 2.25. The van der Waals surface area contributed by atoms with Gasteiger partial charge in [-0.25, -0.2) is 4.79 Å². The summed E-state index contributed by atoms with van der Waals surface area (Å²) in [5.74, 6) is -0.524. The third-order valence-corrected chi connectivity index (χ3v) is 2.85. The van der Waals surface area contributed by atoms with E-state index < -0.39 is 12.0 Å². The molecule has 0 saturated heterocycles. The smallest absolute Gasteiger partial charge is 0.328 e. The molecule has 0 aliphatic carbocycles. The fourth-order valence-electron chi connectivity index (χ4n) is 1.94. The Balaban J connectivity index is 2.83. The van der Waals surface area contributed by atoms with E-state index in [0.29, 0.717) is 17.7 Å². The van der Waals surface area contributed by atoms with Crippen molar-refractivity contribution in [2.75, 3.05) is 5.73 Å². The molecule has 3 N–H and O–H groups in total. The molecule has 0 bridgehead atoms. The Morgan fingerprint density at radius 1 is 1.19 bits per heavy atom. The maximum absolute atomic E-state index is 12.2. The maximum Gasteiger partial charge on any atom is 0.328 e. The van der Waals surface area contributed by atoms with Crippen LogP contribution in [0.2, 0.25) is 0 Å². The number of nitrogens with two attached hydrogens (primary N) is 1. The number of nitrogen functional groups attached to an aromatic ring is 1. The summed E-state index contributed by atoms with van der Waals surface area (Å²) in [4.78, 5) is 24.3. The highest BCUT2D eigenvalue weighted by Crippen LogP contribution is 2.13. The summed E-state index contributed by atoms with van der Waals surface area (Å²) in [6.07, 6.45) is 0.301. The van der Waals surface area contributed by atoms with E-state index in [1.54, 1.807) is 38.1 Å². The van der Waals surface area contributed by atoms with Crippen LogP contribution in [0.4, 0.5) is 5.69 Å². The summed E-state index contributed by atoms with van der Waals surface area (Å²) in [7, 11) is 0. The van der Waals surface area contributed by atoms with Gasteiger partial charge in [-0.15, -0.1) is 0 Å². The Kier molecular flexibility index (Phi) is 6.21. The Hall–Kier alpha value is -2.04. The summed E-state index contributed by atoms with van der Waals surface area (Å²) < 4.78 is 5.20. The van der Waals surface area contributed by atoms with Crippen molar-refractivity contribution < 1.29 is 14.3 Å². The van der Waals surface area contributed by atoms with Crippen LogP contribution in [0, 0.1) is 5.92 Å². The topological polar surface area (TPSA) is 81.4 Å². The molecule has 0 fully saturated rings. The number of anilines is 1. The number of esters is 1. The third kappa shape index (κ3) is 5.45. The number of para-hydroxylation sites is 1. The minimum absolute atomic E-state index is 0.217. The zero-order valence-corrected chi connectivity index (χ0v) is 13.1. The molecule has 0 heterocycles. The molecule has 0 saturated carbocycles. The summed E-state index contributed by atoms with van der Waals surface area (Å²) in [6.45, 7) is 7.53. The first-order valence-electron chi connectivity index (χ1n) is 7.17. The number of amides is 1. The molecule has 0 radical (unpaired) electrons. The molecule has 21 heavy (non-hydrogen) atoms. The highest BCUT2D eigenvalue weighted by atomic mass is 16.5. The van der Waals surface area contributed by atoms with E-state index in [4.69, 9.17) is 10.5 Å². The molecule has 5 heteroatoms. The molecule has 1 aromatic rings. The van der Waals surface area contributed by atoms with Gasteiger partial charge in [0.2, 0.25) is 0 Å². The van der Waals surface area contributed by atoms with Gasteiger partial charge in [0.05, 0.1) is 11.7 Å². The molecule has 0 aliphatic heterocycles. The number of nitrogens with one attached hydrogen (secondary N) is 1. The average molecular weight is 292 g/mol. The molecule has 0 unspecified atom stereocenters. The van der Waals surface area contributed by atoms with Crippen molar-refractivity contribution in [2.24, 2.45) is 5.92 Å². The molecule has 1 rings (SSSR count). The van der Waals surface area contributed by atoms with Crippen molar-refractivity contribution in [1.29, 1.82) is 0 Å². The minimum atomic E-state index is -0.667. The monoisotopic (exact) mass is 292 g/mol. The fourth-order valence-corrected chi connectivity index (χ4v) is 1.94. The van der Waals surface area contributed by atoms with Gasteiger partial charge in [0.15, 0.2) is 0 Å². The van der Waals surface area contributed by atoms with Crippen LogP contribution in [-0.2, 0) is 9.53 Å². The molecule has 5 nitrogen and oxygen atoms in total. The fraction of sp³-hybridized carbons (Fsp3) is 0.500. The van der Waals surface area contributed by atoms with Crippen molar-refractivity contribution in [3.8, 4) is 0 Å². The number of carbonyl (C=O) groups excluding carboxylic acids is 2. The van der Waals surface area contributed by atoms with Crippen molar-refractivity contribution in [3.05, 3.63) is 29.8 Å². The van der Waals surface area contributed by atoms with Gasteiger partial charge in [0, 0.05) is 5.69 Å². The minimum Gasteiger partial charge on any atom is -0.461 e. The van der Waals surface area contributed by atoms with Crippen LogP contribution in [0.3, 0.4) is 0 Å². The second-order valence-corrected chi connectivity index (χ2v) is 5.73. The summed E-state index contributed by atoms with van der Waals surface area (Å²) in [6, 6.07) is 6.10. The zero-order chi connectivity index (χ0) is 16.0. The molecule has 116 valence electrons. The van der Waals surface area contributed by atoms with Crippen LogP contribution < -0.4 is 11.1 Å². The van der Waals surface area contributed by atoms with Crippen LogP contribution >= 0.6 is 0 Å². The van der Waals surface area contributed by atoms with Gasteiger partial charge in [-0.1, -0.05) is 26.0 Å². The predicted molar refractivity (Wildman–Crippen MR) is 82.8 cm³/mol. The summed E-state index contributed by atoms with van der Waals surface area (Å²) >= 11 is 0. The molecule has 1 aromatic carbocycles. The lowest BCUT2D eigenvalue weighted by molar-refractivity contribution is -0.150. The molecule has 0 aliphatic rings. The van der Waals surface area contributed by atoms with E-state index in [1.165, 1.54) is 0 Å². The lowest BCUT2D eigenvalue weighted by atomic mass is 10.0. The Morgan fingerprint density at radius 2 is 1.81 bits per heavy atom. The Bertz CT molecular complexity index is 498. The van der Waals surface area contributed by atoms with Gasteiger partial charge in [0.1, 0.15) is 6.04 Å². The van der Waals surface area contributed by atoms with E-state index in [1.807, 2.05) is 13.8 Å². The first-order chi connectivity index (χ1) is 9.81. The largest absolute Gasteiger partial charge is 0.461 e. The molecular formula is C16H24N2O3. The van der Waals surface area contributed by atoms with Crippen LogP contribution in [0.15, 0.2) is 24.3 Å². The lowest BCUT2D eigenvalue weighted by Gasteiger charge is -2.21. The first-order valence-corrected chi connectivity index (χ1v) is 7.17. The summed E-state index contributed by atoms with van der Waals surface area (Å²) in [5.41, 5.74) is 6.53. The van der Waals surface area contributed by atoms with Gasteiger partial charge in [-0.2, -0.15) is 0 Å². The van der Waals surface area contributed by atoms with Crippen molar-refractivity contribution >= 4 is 17.6 Å². The Morgan fingerprint density at radius 3 is 2.33 bits per heavy atom. The van der Waals surface area contributed by atoms with E-state index in [0.717, 1.165) is 0 Å².